The zero-order chi connectivity index (χ0) is 14.7. The lowest BCUT2D eigenvalue weighted by Gasteiger charge is -2.27. The lowest BCUT2D eigenvalue weighted by Crippen LogP contribution is -2.48. The Morgan fingerprint density at radius 1 is 1.19 bits per heavy atom. The predicted molar refractivity (Wildman–Crippen MR) is 79.0 cm³/mol. The van der Waals surface area contributed by atoms with Crippen LogP contribution >= 0.6 is 0 Å². The second-order valence-corrected chi connectivity index (χ2v) is 7.09. The number of hydrogen-bond donors (Lipinski definition) is 2. The first-order valence-electron chi connectivity index (χ1n) is 7.31. The van der Waals surface area contributed by atoms with E-state index in [-0.39, 0.29) is 0 Å². The van der Waals surface area contributed by atoms with Crippen LogP contribution in [-0.2, 0) is 21.3 Å². The van der Waals surface area contributed by atoms with Crippen LogP contribution in [0.2, 0.25) is 0 Å². The first-order valence-corrected chi connectivity index (χ1v) is 8.80. The van der Waals surface area contributed by atoms with Crippen LogP contribution in [0, 0.1) is 0 Å². The quantitative estimate of drug-likeness (QED) is 0.799. The van der Waals surface area contributed by atoms with Crippen molar-refractivity contribution in [2.45, 2.75) is 30.3 Å². The van der Waals surface area contributed by atoms with Crippen LogP contribution in [0.1, 0.15) is 18.4 Å². The Morgan fingerprint density at radius 3 is 2.62 bits per heavy atom. The first kappa shape index (κ1) is 14.9. The maximum atomic E-state index is 12.6. The lowest BCUT2D eigenvalue weighted by atomic mass is 10.2. The lowest BCUT2D eigenvalue weighted by molar-refractivity contribution is 0.0272. The first-order chi connectivity index (χ1) is 10.1. The van der Waals surface area contributed by atoms with Gasteiger partial charge in [-0.25, -0.2) is 13.4 Å². The van der Waals surface area contributed by atoms with Crippen LogP contribution in [0.3, 0.4) is 0 Å². The molecule has 1 saturated carbocycles. The van der Waals surface area contributed by atoms with Gasteiger partial charge in [-0.3, -0.25) is 0 Å². The number of nitrogens with one attached hydrogen (secondary N) is 2. The van der Waals surface area contributed by atoms with Gasteiger partial charge < -0.3 is 10.1 Å². The molecule has 6 nitrogen and oxygen atoms in total. The molecule has 0 bridgehead atoms. The molecule has 1 aliphatic carbocycles. The molecule has 3 rings (SSSR count). The van der Waals surface area contributed by atoms with Gasteiger partial charge in [0.15, 0.2) is 0 Å². The van der Waals surface area contributed by atoms with Gasteiger partial charge in [-0.2, -0.15) is 0 Å². The molecule has 0 atom stereocenters. The molecule has 2 aliphatic rings. The minimum Gasteiger partial charge on any atom is -0.379 e. The molecule has 0 aromatic heterocycles. The second kappa shape index (κ2) is 6.41. The smallest absolute Gasteiger partial charge is 0.253 e. The standard InChI is InChI=1S/C14H21N3O3S/c18-21(19,16-17-7-9-20-10-8-17)14-4-2-1-3-12(14)11-15-13-5-6-13/h1-4,13,15-16H,5-11H2. The van der Waals surface area contributed by atoms with Crippen molar-refractivity contribution in [1.29, 1.82) is 0 Å². The minimum atomic E-state index is -3.54. The molecule has 0 unspecified atom stereocenters. The number of nitrogens with zero attached hydrogens (tertiary/aromatic N) is 1. The van der Waals surface area contributed by atoms with Crippen molar-refractivity contribution in [3.63, 3.8) is 0 Å². The van der Waals surface area contributed by atoms with E-state index in [9.17, 15) is 8.42 Å². The third-order valence-electron chi connectivity index (χ3n) is 3.68. The molecule has 116 valence electrons. The highest BCUT2D eigenvalue weighted by molar-refractivity contribution is 7.89. The van der Waals surface area contributed by atoms with Gasteiger partial charge >= 0.3 is 0 Å². The summed E-state index contributed by atoms with van der Waals surface area (Å²) in [5, 5.41) is 5.06. The summed E-state index contributed by atoms with van der Waals surface area (Å²) < 4.78 is 30.3. The second-order valence-electron chi connectivity index (χ2n) is 5.46. The van der Waals surface area contributed by atoms with Crippen LogP contribution in [-0.4, -0.2) is 45.8 Å². The molecule has 1 aromatic rings. The average Bonchev–Trinajstić information content (AvgIpc) is 3.30. The van der Waals surface area contributed by atoms with E-state index in [0.717, 1.165) is 5.56 Å². The summed E-state index contributed by atoms with van der Waals surface area (Å²) in [6.07, 6.45) is 2.36. The van der Waals surface area contributed by atoms with Crippen molar-refractivity contribution < 1.29 is 13.2 Å². The maximum Gasteiger partial charge on any atom is 0.253 e. The van der Waals surface area contributed by atoms with Crippen LogP contribution in [0.15, 0.2) is 29.2 Å². The number of ether oxygens (including phenoxy) is 1. The number of benzene rings is 1. The van der Waals surface area contributed by atoms with Crippen molar-refractivity contribution in [3.05, 3.63) is 29.8 Å². The number of hydrogen-bond acceptors (Lipinski definition) is 5. The number of sulfonamides is 1. The summed E-state index contributed by atoms with van der Waals surface area (Å²) in [5.41, 5.74) is 0.810. The number of hydrazine groups is 1. The Hall–Kier alpha value is -0.990. The zero-order valence-corrected chi connectivity index (χ0v) is 12.7. The molecule has 0 amide bonds. The minimum absolute atomic E-state index is 0.352. The van der Waals surface area contributed by atoms with E-state index < -0.39 is 10.0 Å². The van der Waals surface area contributed by atoms with Crippen LogP contribution in [0.5, 0.6) is 0 Å². The summed E-state index contributed by atoms with van der Waals surface area (Å²) >= 11 is 0. The van der Waals surface area contributed by atoms with Crippen LogP contribution in [0.25, 0.3) is 0 Å². The molecular weight excluding hydrogens is 290 g/mol. The third-order valence-corrected chi connectivity index (χ3v) is 5.16. The highest BCUT2D eigenvalue weighted by atomic mass is 32.2. The van der Waals surface area contributed by atoms with E-state index in [4.69, 9.17) is 4.74 Å². The average molecular weight is 311 g/mol. The van der Waals surface area contributed by atoms with Crippen LogP contribution < -0.4 is 10.1 Å². The van der Waals surface area contributed by atoms with Crippen molar-refractivity contribution in [2.24, 2.45) is 0 Å². The molecule has 2 fully saturated rings. The van der Waals surface area contributed by atoms with Gasteiger partial charge in [0.25, 0.3) is 10.0 Å². The largest absolute Gasteiger partial charge is 0.379 e. The third kappa shape index (κ3) is 4.02. The van der Waals surface area contributed by atoms with E-state index in [0.29, 0.717) is 43.8 Å². The fourth-order valence-electron chi connectivity index (χ4n) is 2.33. The molecule has 1 heterocycles. The van der Waals surface area contributed by atoms with Gasteiger partial charge in [-0.15, -0.1) is 4.83 Å². The normalized spacial score (nSPS) is 20.6. The van der Waals surface area contributed by atoms with E-state index in [1.54, 1.807) is 17.1 Å². The number of morpholine rings is 1. The molecule has 1 aromatic carbocycles. The van der Waals surface area contributed by atoms with E-state index >= 15 is 0 Å². The Balaban J connectivity index is 1.73. The molecule has 7 heteroatoms. The molecular formula is C14H21N3O3S. The Morgan fingerprint density at radius 2 is 1.90 bits per heavy atom. The fourth-order valence-corrected chi connectivity index (χ4v) is 3.69. The van der Waals surface area contributed by atoms with Gasteiger partial charge in [0.1, 0.15) is 0 Å². The van der Waals surface area contributed by atoms with Crippen molar-refractivity contribution in [1.82, 2.24) is 15.2 Å². The Labute approximate surface area is 125 Å². The molecule has 1 aliphatic heterocycles. The fraction of sp³-hybridized carbons (Fsp3) is 0.571. The monoisotopic (exact) mass is 311 g/mol. The van der Waals surface area contributed by atoms with Crippen molar-refractivity contribution in [2.75, 3.05) is 26.3 Å². The molecule has 1 saturated heterocycles. The summed E-state index contributed by atoms with van der Waals surface area (Å²) in [6.45, 7) is 2.83. The summed E-state index contributed by atoms with van der Waals surface area (Å²) in [6, 6.07) is 7.70. The van der Waals surface area contributed by atoms with Gasteiger partial charge in [0.2, 0.25) is 0 Å². The maximum absolute atomic E-state index is 12.6. The van der Waals surface area contributed by atoms with Crippen LogP contribution in [0.4, 0.5) is 0 Å². The molecule has 0 spiro atoms. The van der Waals surface area contributed by atoms with Gasteiger partial charge in [0.05, 0.1) is 18.1 Å². The van der Waals surface area contributed by atoms with E-state index in [2.05, 4.69) is 10.1 Å². The Bertz CT molecular complexity index is 581. The molecule has 21 heavy (non-hydrogen) atoms. The number of rotatable bonds is 6. The summed E-state index contributed by atoms with van der Waals surface area (Å²) in [7, 11) is -3.54. The summed E-state index contributed by atoms with van der Waals surface area (Å²) in [5.74, 6) is 0. The highest BCUT2D eigenvalue weighted by Gasteiger charge is 2.24. The topological polar surface area (TPSA) is 70.7 Å². The molecule has 0 radical (unpaired) electrons. The van der Waals surface area contributed by atoms with Gasteiger partial charge in [-0.05, 0) is 24.5 Å². The highest BCUT2D eigenvalue weighted by Crippen LogP contribution is 2.21. The SMILES string of the molecule is O=S(=O)(NN1CCOCC1)c1ccccc1CNC1CC1. The summed E-state index contributed by atoms with van der Waals surface area (Å²) in [4.78, 5) is 3.00. The Kier molecular flexibility index (Phi) is 4.56. The predicted octanol–water partition coefficient (Wildman–Crippen LogP) is 0.464. The van der Waals surface area contributed by atoms with Crippen molar-refractivity contribution in [3.8, 4) is 0 Å². The zero-order valence-electron chi connectivity index (χ0n) is 11.9. The van der Waals surface area contributed by atoms with Crippen molar-refractivity contribution >= 4 is 10.0 Å². The van der Waals surface area contributed by atoms with Gasteiger partial charge in [-0.1, -0.05) is 18.2 Å². The molecule has 2 N–H and O–H groups in total. The van der Waals surface area contributed by atoms with E-state index in [1.807, 2.05) is 12.1 Å². The van der Waals surface area contributed by atoms with E-state index in [1.165, 1.54) is 12.8 Å². The van der Waals surface area contributed by atoms with Gasteiger partial charge in [0, 0.05) is 25.7 Å².